The summed E-state index contributed by atoms with van der Waals surface area (Å²) >= 11 is 0. The number of aromatic nitrogens is 2. The minimum Gasteiger partial charge on any atom is -0.395 e. The van der Waals surface area contributed by atoms with Crippen LogP contribution in [0, 0.1) is 24.0 Å². The van der Waals surface area contributed by atoms with Gasteiger partial charge in [-0.3, -0.25) is 14.9 Å². The Balaban J connectivity index is 1.89. The van der Waals surface area contributed by atoms with Crippen LogP contribution >= 0.6 is 0 Å². The lowest BCUT2D eigenvalue weighted by Gasteiger charge is -2.05. The standard InChI is InChI=1S/C16H14N4O4/c1-10-15(11(2)19(18-10)12-6-4-3-5-7-12)17-16(21)13-8-9-14(24-13)20(22)23/h3-9H,1-2H3,(H,17,21). The second kappa shape index (κ2) is 5.99. The smallest absolute Gasteiger partial charge is 0.395 e. The zero-order valence-corrected chi connectivity index (χ0v) is 13.0. The predicted octanol–water partition coefficient (Wildman–Crippen LogP) is 3.24. The molecule has 0 fully saturated rings. The molecule has 2 heterocycles. The van der Waals surface area contributed by atoms with Gasteiger partial charge in [-0.05, 0) is 32.0 Å². The monoisotopic (exact) mass is 326 g/mol. The van der Waals surface area contributed by atoms with E-state index in [0.29, 0.717) is 11.4 Å². The maximum atomic E-state index is 12.2. The van der Waals surface area contributed by atoms with E-state index in [1.54, 1.807) is 11.6 Å². The van der Waals surface area contributed by atoms with Crippen LogP contribution in [0.5, 0.6) is 0 Å². The van der Waals surface area contributed by atoms with Crippen molar-refractivity contribution in [1.29, 1.82) is 0 Å². The number of para-hydroxylation sites is 1. The van der Waals surface area contributed by atoms with Crippen molar-refractivity contribution in [3.05, 3.63) is 69.7 Å². The molecule has 0 spiro atoms. The number of aryl methyl sites for hydroxylation is 1. The molecule has 0 aliphatic carbocycles. The molecule has 1 aromatic carbocycles. The molecule has 8 nitrogen and oxygen atoms in total. The molecule has 0 aliphatic heterocycles. The molecular formula is C16H14N4O4. The Bertz CT molecular complexity index is 912. The average Bonchev–Trinajstić information content (AvgIpc) is 3.16. The highest BCUT2D eigenvalue weighted by Gasteiger charge is 2.20. The Morgan fingerprint density at radius 2 is 1.92 bits per heavy atom. The summed E-state index contributed by atoms with van der Waals surface area (Å²) in [7, 11) is 0. The van der Waals surface area contributed by atoms with Gasteiger partial charge in [0.15, 0.2) is 5.76 Å². The zero-order chi connectivity index (χ0) is 17.3. The van der Waals surface area contributed by atoms with Crippen molar-refractivity contribution in [2.45, 2.75) is 13.8 Å². The summed E-state index contributed by atoms with van der Waals surface area (Å²) in [6.45, 7) is 3.60. The van der Waals surface area contributed by atoms with Crippen LogP contribution < -0.4 is 5.32 Å². The second-order valence-corrected chi connectivity index (χ2v) is 5.14. The molecule has 3 rings (SSSR count). The number of carbonyl (C=O) groups excluding carboxylic acids is 1. The van der Waals surface area contributed by atoms with Gasteiger partial charge >= 0.3 is 5.88 Å². The summed E-state index contributed by atoms with van der Waals surface area (Å²) in [4.78, 5) is 22.2. The van der Waals surface area contributed by atoms with Gasteiger partial charge in [0.2, 0.25) is 0 Å². The second-order valence-electron chi connectivity index (χ2n) is 5.14. The van der Waals surface area contributed by atoms with Gasteiger partial charge in [-0.1, -0.05) is 18.2 Å². The van der Waals surface area contributed by atoms with E-state index in [9.17, 15) is 14.9 Å². The molecule has 0 atom stereocenters. The molecule has 8 heteroatoms. The average molecular weight is 326 g/mol. The molecular weight excluding hydrogens is 312 g/mol. The number of nitrogens with zero attached hydrogens (tertiary/aromatic N) is 3. The van der Waals surface area contributed by atoms with E-state index >= 15 is 0 Å². The van der Waals surface area contributed by atoms with Crippen molar-refractivity contribution in [1.82, 2.24) is 9.78 Å². The van der Waals surface area contributed by atoms with E-state index in [-0.39, 0.29) is 5.76 Å². The van der Waals surface area contributed by atoms with Gasteiger partial charge in [-0.25, -0.2) is 4.68 Å². The highest BCUT2D eigenvalue weighted by atomic mass is 16.6. The first-order chi connectivity index (χ1) is 11.5. The summed E-state index contributed by atoms with van der Waals surface area (Å²) < 4.78 is 6.63. The van der Waals surface area contributed by atoms with E-state index in [0.717, 1.165) is 17.4 Å². The van der Waals surface area contributed by atoms with Crippen LogP contribution in [0.3, 0.4) is 0 Å². The summed E-state index contributed by atoms with van der Waals surface area (Å²) in [5.41, 5.74) is 2.79. The maximum Gasteiger partial charge on any atom is 0.433 e. The molecule has 1 amide bonds. The van der Waals surface area contributed by atoms with Crippen molar-refractivity contribution < 1.29 is 14.1 Å². The Morgan fingerprint density at radius 1 is 1.21 bits per heavy atom. The lowest BCUT2D eigenvalue weighted by molar-refractivity contribution is -0.402. The Morgan fingerprint density at radius 3 is 2.54 bits per heavy atom. The van der Waals surface area contributed by atoms with Crippen molar-refractivity contribution >= 4 is 17.5 Å². The number of nitrogens with one attached hydrogen (secondary N) is 1. The topological polar surface area (TPSA) is 103 Å². The van der Waals surface area contributed by atoms with E-state index in [4.69, 9.17) is 4.42 Å². The lowest BCUT2D eigenvalue weighted by atomic mass is 10.3. The van der Waals surface area contributed by atoms with Crippen molar-refractivity contribution in [2.75, 3.05) is 5.32 Å². The predicted molar refractivity (Wildman–Crippen MR) is 86.4 cm³/mol. The summed E-state index contributed by atoms with van der Waals surface area (Å²) in [6.07, 6.45) is 0. The van der Waals surface area contributed by atoms with E-state index in [1.807, 2.05) is 37.3 Å². The third kappa shape index (κ3) is 2.76. The van der Waals surface area contributed by atoms with Crippen molar-refractivity contribution in [3.63, 3.8) is 0 Å². The summed E-state index contributed by atoms with van der Waals surface area (Å²) in [6, 6.07) is 11.9. The fourth-order valence-electron chi connectivity index (χ4n) is 2.37. The first kappa shape index (κ1) is 15.5. The minimum absolute atomic E-state index is 0.132. The molecule has 0 saturated heterocycles. The van der Waals surface area contributed by atoms with Crippen LogP contribution in [0.4, 0.5) is 11.6 Å². The molecule has 0 aliphatic rings. The van der Waals surface area contributed by atoms with E-state index < -0.39 is 16.7 Å². The quantitative estimate of drug-likeness (QED) is 0.585. The zero-order valence-electron chi connectivity index (χ0n) is 13.0. The highest BCUT2D eigenvalue weighted by Crippen LogP contribution is 2.24. The number of hydrogen-bond donors (Lipinski definition) is 1. The molecule has 1 N–H and O–H groups in total. The molecule has 0 bridgehead atoms. The van der Waals surface area contributed by atoms with Gasteiger partial charge in [-0.15, -0.1) is 0 Å². The van der Waals surface area contributed by atoms with E-state index in [2.05, 4.69) is 10.4 Å². The van der Waals surface area contributed by atoms with Gasteiger partial charge in [0.25, 0.3) is 5.91 Å². The fourth-order valence-corrected chi connectivity index (χ4v) is 2.37. The molecule has 3 aromatic rings. The number of nitro groups is 1. The Labute approximate surface area is 136 Å². The Kier molecular flexibility index (Phi) is 3.87. The number of hydrogen-bond acceptors (Lipinski definition) is 5. The SMILES string of the molecule is Cc1nn(-c2ccccc2)c(C)c1NC(=O)c1ccc([N+](=O)[O-])o1. The van der Waals surface area contributed by atoms with Crippen molar-refractivity contribution in [3.8, 4) is 5.69 Å². The molecule has 0 radical (unpaired) electrons. The first-order valence-corrected chi connectivity index (χ1v) is 7.14. The third-order valence-corrected chi connectivity index (χ3v) is 3.53. The van der Waals surface area contributed by atoms with Gasteiger partial charge in [0.05, 0.1) is 28.8 Å². The molecule has 24 heavy (non-hydrogen) atoms. The normalized spacial score (nSPS) is 10.6. The number of amides is 1. The van der Waals surface area contributed by atoms with E-state index in [1.165, 1.54) is 6.07 Å². The largest absolute Gasteiger partial charge is 0.433 e. The number of furan rings is 1. The number of rotatable bonds is 4. The number of benzene rings is 1. The molecule has 2 aromatic heterocycles. The van der Waals surface area contributed by atoms with Crippen molar-refractivity contribution in [2.24, 2.45) is 0 Å². The number of carbonyl (C=O) groups is 1. The van der Waals surface area contributed by atoms with Gasteiger partial charge < -0.3 is 9.73 Å². The third-order valence-electron chi connectivity index (χ3n) is 3.53. The van der Waals surface area contributed by atoms with Gasteiger partial charge in [0, 0.05) is 0 Å². The summed E-state index contributed by atoms with van der Waals surface area (Å²) in [5.74, 6) is -1.18. The van der Waals surface area contributed by atoms with Crippen LogP contribution in [0.15, 0.2) is 46.9 Å². The molecule has 122 valence electrons. The van der Waals surface area contributed by atoms with Crippen LogP contribution in [0.2, 0.25) is 0 Å². The van der Waals surface area contributed by atoms with Crippen LogP contribution in [0.25, 0.3) is 5.69 Å². The minimum atomic E-state index is -0.694. The lowest BCUT2D eigenvalue weighted by Crippen LogP contribution is -2.12. The van der Waals surface area contributed by atoms with Crippen LogP contribution in [-0.2, 0) is 0 Å². The van der Waals surface area contributed by atoms with Crippen LogP contribution in [-0.4, -0.2) is 20.6 Å². The summed E-state index contributed by atoms with van der Waals surface area (Å²) in [5, 5.41) is 17.8. The highest BCUT2D eigenvalue weighted by molar-refractivity contribution is 6.03. The van der Waals surface area contributed by atoms with Gasteiger partial charge in [-0.2, -0.15) is 5.10 Å². The molecule has 0 unspecified atom stereocenters. The maximum absolute atomic E-state index is 12.2. The molecule has 0 saturated carbocycles. The first-order valence-electron chi connectivity index (χ1n) is 7.14. The van der Waals surface area contributed by atoms with Gasteiger partial charge in [0.1, 0.15) is 4.92 Å². The fraction of sp³-hybridized carbons (Fsp3) is 0.125. The van der Waals surface area contributed by atoms with Crippen LogP contribution in [0.1, 0.15) is 21.9 Å². The number of anilines is 1. The Hall–Kier alpha value is -3.42.